The van der Waals surface area contributed by atoms with Crippen LogP contribution in [0.25, 0.3) is 0 Å². The van der Waals surface area contributed by atoms with Gasteiger partial charge in [0.1, 0.15) is 0 Å². The molecule has 0 saturated carbocycles. The molecular formula is C20H17Cl2N3O2S. The van der Waals surface area contributed by atoms with Crippen molar-refractivity contribution in [2.45, 2.75) is 0 Å². The van der Waals surface area contributed by atoms with Crippen molar-refractivity contribution in [1.29, 1.82) is 0 Å². The van der Waals surface area contributed by atoms with Gasteiger partial charge in [-0.05, 0) is 47.8 Å². The quantitative estimate of drug-likeness (QED) is 0.548. The highest BCUT2D eigenvalue weighted by Gasteiger charge is 2.15. The SMILES string of the molecule is CN(C)c1ccc(Cl)cc1NC(=O)c1ccc(Cl)c(NC(=O)c2cccs2)c1. The minimum Gasteiger partial charge on any atom is -0.376 e. The number of amides is 2. The molecule has 0 fully saturated rings. The van der Waals surface area contributed by atoms with Gasteiger partial charge in [-0.25, -0.2) is 0 Å². The van der Waals surface area contributed by atoms with Crippen molar-refractivity contribution >= 4 is 63.4 Å². The Balaban J connectivity index is 1.83. The molecule has 0 aliphatic heterocycles. The number of hydrogen-bond acceptors (Lipinski definition) is 4. The number of carbonyl (C=O) groups is 2. The van der Waals surface area contributed by atoms with E-state index in [1.165, 1.54) is 11.3 Å². The Kier molecular flexibility index (Phi) is 6.24. The van der Waals surface area contributed by atoms with Gasteiger partial charge >= 0.3 is 0 Å². The highest BCUT2D eigenvalue weighted by Crippen LogP contribution is 2.29. The summed E-state index contributed by atoms with van der Waals surface area (Å²) in [6.45, 7) is 0. The van der Waals surface area contributed by atoms with Crippen molar-refractivity contribution < 1.29 is 9.59 Å². The monoisotopic (exact) mass is 433 g/mol. The van der Waals surface area contributed by atoms with Crippen LogP contribution in [0, 0.1) is 0 Å². The van der Waals surface area contributed by atoms with Crippen LogP contribution < -0.4 is 15.5 Å². The van der Waals surface area contributed by atoms with Gasteiger partial charge < -0.3 is 15.5 Å². The molecule has 0 atom stereocenters. The van der Waals surface area contributed by atoms with Crippen molar-refractivity contribution in [1.82, 2.24) is 0 Å². The van der Waals surface area contributed by atoms with E-state index >= 15 is 0 Å². The van der Waals surface area contributed by atoms with E-state index in [0.717, 1.165) is 5.69 Å². The van der Waals surface area contributed by atoms with Crippen LogP contribution in [-0.2, 0) is 0 Å². The zero-order valence-corrected chi connectivity index (χ0v) is 17.5. The van der Waals surface area contributed by atoms with E-state index < -0.39 is 0 Å². The Morgan fingerprint density at radius 3 is 2.36 bits per heavy atom. The van der Waals surface area contributed by atoms with Gasteiger partial charge in [-0.1, -0.05) is 29.3 Å². The zero-order chi connectivity index (χ0) is 20.3. The fourth-order valence-corrected chi connectivity index (χ4v) is 3.50. The minimum atomic E-state index is -0.339. The Labute approximate surface area is 176 Å². The Morgan fingerprint density at radius 2 is 1.68 bits per heavy atom. The number of nitrogens with zero attached hydrogens (tertiary/aromatic N) is 1. The highest BCUT2D eigenvalue weighted by molar-refractivity contribution is 7.12. The van der Waals surface area contributed by atoms with E-state index in [9.17, 15) is 9.59 Å². The lowest BCUT2D eigenvalue weighted by atomic mass is 10.1. The lowest BCUT2D eigenvalue weighted by Gasteiger charge is -2.18. The standard InChI is InChI=1S/C20H17Cl2N3O2S/c1-25(2)17-8-6-13(21)11-16(17)24-19(26)12-5-7-14(22)15(10-12)23-20(27)18-4-3-9-28-18/h3-11H,1-2H3,(H,23,27)(H,24,26). The molecule has 0 unspecified atom stereocenters. The van der Waals surface area contributed by atoms with Gasteiger partial charge in [-0.2, -0.15) is 0 Å². The first-order valence-corrected chi connectivity index (χ1v) is 9.91. The fraction of sp³-hybridized carbons (Fsp3) is 0.100. The lowest BCUT2D eigenvalue weighted by molar-refractivity contribution is 0.101. The molecule has 144 valence electrons. The van der Waals surface area contributed by atoms with Gasteiger partial charge in [0, 0.05) is 24.7 Å². The summed E-state index contributed by atoms with van der Waals surface area (Å²) >= 11 is 13.6. The van der Waals surface area contributed by atoms with Crippen LogP contribution in [0.3, 0.4) is 0 Å². The number of halogens is 2. The summed E-state index contributed by atoms with van der Waals surface area (Å²) in [6, 6.07) is 13.5. The maximum Gasteiger partial charge on any atom is 0.265 e. The largest absolute Gasteiger partial charge is 0.376 e. The summed E-state index contributed by atoms with van der Waals surface area (Å²) in [6.07, 6.45) is 0. The first kappa shape index (κ1) is 20.2. The number of nitrogens with one attached hydrogen (secondary N) is 2. The van der Waals surface area contributed by atoms with Gasteiger partial charge in [0.25, 0.3) is 11.8 Å². The molecule has 2 aromatic carbocycles. The summed E-state index contributed by atoms with van der Waals surface area (Å²) < 4.78 is 0. The third kappa shape index (κ3) is 4.65. The first-order valence-electron chi connectivity index (χ1n) is 8.28. The van der Waals surface area contributed by atoms with Gasteiger partial charge in [0.2, 0.25) is 0 Å². The molecular weight excluding hydrogens is 417 g/mol. The predicted molar refractivity (Wildman–Crippen MR) is 117 cm³/mol. The van der Waals surface area contributed by atoms with Crippen molar-refractivity contribution in [2.75, 3.05) is 29.6 Å². The zero-order valence-electron chi connectivity index (χ0n) is 15.1. The molecule has 0 aliphatic rings. The summed E-state index contributed by atoms with van der Waals surface area (Å²) in [5, 5.41) is 8.27. The number of hydrogen-bond donors (Lipinski definition) is 2. The first-order chi connectivity index (χ1) is 13.3. The average molecular weight is 434 g/mol. The van der Waals surface area contributed by atoms with E-state index in [1.807, 2.05) is 30.4 Å². The normalized spacial score (nSPS) is 10.4. The Morgan fingerprint density at radius 1 is 0.929 bits per heavy atom. The molecule has 0 bridgehead atoms. The molecule has 0 aliphatic carbocycles. The van der Waals surface area contributed by atoms with Crippen LogP contribution in [0.15, 0.2) is 53.9 Å². The van der Waals surface area contributed by atoms with Gasteiger partial charge in [-0.3, -0.25) is 9.59 Å². The molecule has 28 heavy (non-hydrogen) atoms. The predicted octanol–water partition coefficient (Wildman–Crippen LogP) is 5.63. The molecule has 0 saturated heterocycles. The molecule has 2 N–H and O–H groups in total. The van der Waals surface area contributed by atoms with Crippen molar-refractivity contribution in [2.24, 2.45) is 0 Å². The van der Waals surface area contributed by atoms with Crippen LogP contribution >= 0.6 is 34.5 Å². The lowest BCUT2D eigenvalue weighted by Crippen LogP contribution is -2.17. The number of carbonyl (C=O) groups excluding carboxylic acids is 2. The van der Waals surface area contributed by atoms with Crippen LogP contribution in [0.1, 0.15) is 20.0 Å². The van der Waals surface area contributed by atoms with E-state index in [1.54, 1.807) is 42.5 Å². The van der Waals surface area contributed by atoms with Crippen LogP contribution in [0.5, 0.6) is 0 Å². The molecule has 5 nitrogen and oxygen atoms in total. The fourth-order valence-electron chi connectivity index (χ4n) is 2.55. The van der Waals surface area contributed by atoms with Crippen LogP contribution in [0.2, 0.25) is 10.0 Å². The maximum absolute atomic E-state index is 12.8. The number of rotatable bonds is 5. The third-order valence-corrected chi connectivity index (χ3v) is 5.34. The summed E-state index contributed by atoms with van der Waals surface area (Å²) in [4.78, 5) is 27.5. The second kappa shape index (κ2) is 8.65. The topological polar surface area (TPSA) is 61.4 Å². The van der Waals surface area contributed by atoms with Crippen molar-refractivity contribution in [3.8, 4) is 0 Å². The molecule has 8 heteroatoms. The van der Waals surface area contributed by atoms with E-state index in [0.29, 0.717) is 31.9 Å². The Hall–Kier alpha value is -2.54. The maximum atomic E-state index is 12.8. The smallest absolute Gasteiger partial charge is 0.265 e. The van der Waals surface area contributed by atoms with Gasteiger partial charge in [0.15, 0.2) is 0 Å². The molecule has 3 aromatic rings. The number of thiophene rings is 1. The highest BCUT2D eigenvalue weighted by atomic mass is 35.5. The molecule has 3 rings (SSSR count). The average Bonchev–Trinajstić information content (AvgIpc) is 3.18. The van der Waals surface area contributed by atoms with E-state index in [2.05, 4.69) is 10.6 Å². The number of benzene rings is 2. The summed E-state index contributed by atoms with van der Waals surface area (Å²) in [5.41, 5.74) is 2.13. The molecule has 2 amide bonds. The van der Waals surface area contributed by atoms with Crippen molar-refractivity contribution in [3.05, 3.63) is 74.4 Å². The molecule has 1 aromatic heterocycles. The van der Waals surface area contributed by atoms with Crippen LogP contribution in [0.4, 0.5) is 17.1 Å². The molecule has 0 radical (unpaired) electrons. The second-order valence-electron chi connectivity index (χ2n) is 6.14. The summed E-state index contributed by atoms with van der Waals surface area (Å²) in [5.74, 6) is -0.618. The summed E-state index contributed by atoms with van der Waals surface area (Å²) in [7, 11) is 3.75. The Bertz CT molecular complexity index is 1020. The minimum absolute atomic E-state index is 0.279. The van der Waals surface area contributed by atoms with E-state index in [4.69, 9.17) is 23.2 Å². The number of anilines is 3. The van der Waals surface area contributed by atoms with E-state index in [-0.39, 0.29) is 11.8 Å². The van der Waals surface area contributed by atoms with Crippen molar-refractivity contribution in [3.63, 3.8) is 0 Å². The van der Waals surface area contributed by atoms with Gasteiger partial charge in [-0.15, -0.1) is 11.3 Å². The molecule has 1 heterocycles. The second-order valence-corrected chi connectivity index (χ2v) is 7.93. The third-order valence-electron chi connectivity index (χ3n) is 3.91. The van der Waals surface area contributed by atoms with Crippen LogP contribution in [-0.4, -0.2) is 25.9 Å². The molecule has 0 spiro atoms. The van der Waals surface area contributed by atoms with Gasteiger partial charge in [0.05, 0.1) is 27.0 Å².